The van der Waals surface area contributed by atoms with E-state index in [0.717, 1.165) is 23.3 Å². The lowest BCUT2D eigenvalue weighted by molar-refractivity contribution is -0.145. The van der Waals surface area contributed by atoms with Crippen molar-refractivity contribution in [3.8, 4) is 5.19 Å². The minimum absolute atomic E-state index is 0.00929. The fourth-order valence-electron chi connectivity index (χ4n) is 6.26. The number of anilines is 1. The maximum Gasteiger partial charge on any atom is 0.416 e. The molecule has 15 heteroatoms. The molecule has 2 amide bonds. The minimum Gasteiger partial charge on any atom is -0.479 e. The van der Waals surface area contributed by atoms with Crippen LogP contribution < -0.4 is 15.4 Å². The van der Waals surface area contributed by atoms with Crippen molar-refractivity contribution >= 4 is 56.6 Å². The number of carbonyl (C=O) groups excluding carboxylic acids is 2. The highest BCUT2D eigenvalue weighted by atomic mass is 35.5. The molecule has 2 fully saturated rings. The number of hydrogen-bond donors (Lipinski definition) is 3. The van der Waals surface area contributed by atoms with Gasteiger partial charge < -0.3 is 25.4 Å². The average Bonchev–Trinajstić information content (AvgIpc) is 3.32. The monoisotopic (exact) mass is 694 g/mol. The maximum absolute atomic E-state index is 14.3. The molecule has 3 heterocycles. The second kappa shape index (κ2) is 12.9. The Morgan fingerprint density at radius 3 is 2.74 bits per heavy atom. The summed E-state index contributed by atoms with van der Waals surface area (Å²) in [6, 6.07) is 4.88. The number of carboxylic acid groups (broad SMARTS) is 1. The lowest BCUT2D eigenvalue weighted by Gasteiger charge is -2.30. The number of ether oxygens (including phenoxy) is 1. The first-order chi connectivity index (χ1) is 22.3. The molecule has 3 aromatic rings. The predicted octanol–water partition coefficient (Wildman–Crippen LogP) is 6.42. The Kier molecular flexibility index (Phi) is 9.09. The van der Waals surface area contributed by atoms with Crippen LogP contribution in [0.2, 0.25) is 5.02 Å². The normalized spacial score (nSPS) is 27.6. The Hall–Kier alpha value is -3.91. The van der Waals surface area contributed by atoms with Gasteiger partial charge in [0, 0.05) is 23.0 Å². The van der Waals surface area contributed by atoms with E-state index in [1.54, 1.807) is 24.3 Å². The van der Waals surface area contributed by atoms with Gasteiger partial charge in [0.2, 0.25) is 11.8 Å². The van der Waals surface area contributed by atoms with Gasteiger partial charge in [0.1, 0.15) is 29.5 Å². The number of rotatable bonds is 5. The van der Waals surface area contributed by atoms with E-state index >= 15 is 0 Å². The molecule has 3 N–H and O–H groups in total. The third kappa shape index (κ3) is 7.18. The minimum atomic E-state index is -4.81. The fourth-order valence-corrected chi connectivity index (χ4v) is 7.41. The molecular formula is C32H31ClF4N4O5S. The molecular weight excluding hydrogens is 664 g/mol. The molecule has 2 aliphatic heterocycles. The van der Waals surface area contributed by atoms with Gasteiger partial charge in [-0.05, 0) is 62.1 Å². The number of halogens is 5. The van der Waals surface area contributed by atoms with Crippen LogP contribution in [0.3, 0.4) is 0 Å². The van der Waals surface area contributed by atoms with Crippen LogP contribution in [0, 0.1) is 11.7 Å². The standard InChI is InChI=1S/C32H31ClF4N4O5S/c33-19-8-9-23-26(12-19)47-30(39-23)46-22-14-25-27(42)40-31(29(44)45)15-17(31)6-4-2-1-3-5-7-24(28(43)41(25)16-22)38-21-11-18(32(35,36)37)10-20(34)13-21/h4,6,8-13,17,22,24-25,38H,1-3,5,7,14-16H2,(H,40,42)(H,44,45)/b6-4-/t17-,22+,24-,25-,31+/m0/s1. The first-order valence-corrected chi connectivity index (χ1v) is 16.4. The van der Waals surface area contributed by atoms with Crippen molar-refractivity contribution < 1.29 is 41.8 Å². The van der Waals surface area contributed by atoms with Gasteiger partial charge in [-0.3, -0.25) is 9.59 Å². The van der Waals surface area contributed by atoms with Gasteiger partial charge in [-0.15, -0.1) is 0 Å². The predicted molar refractivity (Wildman–Crippen MR) is 167 cm³/mol. The van der Waals surface area contributed by atoms with Crippen molar-refractivity contribution in [2.45, 2.75) is 74.8 Å². The van der Waals surface area contributed by atoms with E-state index in [-0.39, 0.29) is 36.7 Å². The summed E-state index contributed by atoms with van der Waals surface area (Å²) in [6.07, 6.45) is 1.11. The van der Waals surface area contributed by atoms with Gasteiger partial charge in [-0.1, -0.05) is 47.9 Å². The van der Waals surface area contributed by atoms with Crippen LogP contribution in [0.15, 0.2) is 48.6 Å². The quantitative estimate of drug-likeness (QED) is 0.208. The van der Waals surface area contributed by atoms with Crippen LogP contribution in [0.1, 0.15) is 50.5 Å². The summed E-state index contributed by atoms with van der Waals surface area (Å²) < 4.78 is 61.6. The molecule has 2 aromatic carbocycles. The highest BCUT2D eigenvalue weighted by molar-refractivity contribution is 7.20. The molecule has 1 saturated carbocycles. The SMILES string of the molecule is O=C1N[C@]2(C(=O)O)C[C@@H]2/C=C\CCCCC[C@H](Nc2cc(F)cc(C(F)(F)F)c2)C(=O)N2C[C@H](Oc3nc4ccc(Cl)cc4s3)C[C@@H]12. The summed E-state index contributed by atoms with van der Waals surface area (Å²) in [5, 5.41) is 16.3. The zero-order valence-corrected chi connectivity index (χ0v) is 26.4. The number of nitrogens with one attached hydrogen (secondary N) is 2. The molecule has 0 radical (unpaired) electrons. The van der Waals surface area contributed by atoms with Crippen LogP contribution in [0.5, 0.6) is 5.19 Å². The van der Waals surface area contributed by atoms with Gasteiger partial charge in [0.15, 0.2) is 0 Å². The van der Waals surface area contributed by atoms with Gasteiger partial charge in [0.25, 0.3) is 5.19 Å². The van der Waals surface area contributed by atoms with Crippen molar-refractivity contribution in [1.29, 1.82) is 0 Å². The first-order valence-electron chi connectivity index (χ1n) is 15.2. The molecule has 0 bridgehead atoms. The summed E-state index contributed by atoms with van der Waals surface area (Å²) >= 11 is 7.33. The van der Waals surface area contributed by atoms with Crippen molar-refractivity contribution in [2.24, 2.45) is 5.92 Å². The van der Waals surface area contributed by atoms with E-state index in [9.17, 15) is 37.1 Å². The van der Waals surface area contributed by atoms with E-state index in [0.29, 0.717) is 35.9 Å². The number of carbonyl (C=O) groups is 3. The number of hydrogen-bond acceptors (Lipinski definition) is 7. The largest absolute Gasteiger partial charge is 0.479 e. The van der Waals surface area contributed by atoms with E-state index in [1.807, 2.05) is 6.08 Å². The number of aromatic nitrogens is 1. The number of amides is 2. The first kappa shape index (κ1) is 33.0. The van der Waals surface area contributed by atoms with Crippen LogP contribution in [0.25, 0.3) is 10.2 Å². The van der Waals surface area contributed by atoms with E-state index < -0.39 is 65.0 Å². The number of alkyl halides is 3. The summed E-state index contributed by atoms with van der Waals surface area (Å²) in [5.74, 6) is -4.01. The Labute approximate surface area is 275 Å². The average molecular weight is 695 g/mol. The zero-order chi connectivity index (χ0) is 33.5. The van der Waals surface area contributed by atoms with E-state index in [4.69, 9.17) is 16.3 Å². The molecule has 6 rings (SSSR count). The van der Waals surface area contributed by atoms with Crippen molar-refractivity contribution in [1.82, 2.24) is 15.2 Å². The number of aliphatic carboxylic acids is 1. The summed E-state index contributed by atoms with van der Waals surface area (Å²) in [7, 11) is 0. The fraction of sp³-hybridized carbons (Fsp3) is 0.438. The molecule has 1 aliphatic carbocycles. The highest BCUT2D eigenvalue weighted by Crippen LogP contribution is 2.45. The molecule has 9 nitrogen and oxygen atoms in total. The summed E-state index contributed by atoms with van der Waals surface area (Å²) in [5.41, 5.74) is -2.31. The van der Waals surface area contributed by atoms with Crippen LogP contribution in [0.4, 0.5) is 23.2 Å². The molecule has 47 heavy (non-hydrogen) atoms. The van der Waals surface area contributed by atoms with E-state index in [1.165, 1.54) is 16.2 Å². The molecule has 0 spiro atoms. The van der Waals surface area contributed by atoms with Gasteiger partial charge in [-0.2, -0.15) is 13.2 Å². The molecule has 5 atom stereocenters. The number of fused-ring (bicyclic) bond motifs is 3. The van der Waals surface area contributed by atoms with Crippen LogP contribution in [-0.2, 0) is 20.6 Å². The molecule has 0 unspecified atom stereocenters. The van der Waals surface area contributed by atoms with Gasteiger partial charge >= 0.3 is 12.1 Å². The number of carboxylic acids is 1. The summed E-state index contributed by atoms with van der Waals surface area (Å²) in [4.78, 5) is 46.1. The lowest BCUT2D eigenvalue weighted by atomic mass is 10.0. The van der Waals surface area contributed by atoms with Crippen LogP contribution >= 0.6 is 22.9 Å². The second-order valence-electron chi connectivity index (χ2n) is 12.1. The van der Waals surface area contributed by atoms with Crippen LogP contribution in [-0.4, -0.2) is 63.0 Å². The lowest BCUT2D eigenvalue weighted by Crippen LogP contribution is -2.55. The Balaban J connectivity index is 1.31. The molecule has 1 aromatic heterocycles. The topological polar surface area (TPSA) is 121 Å². The van der Waals surface area contributed by atoms with E-state index in [2.05, 4.69) is 15.6 Å². The van der Waals surface area contributed by atoms with Crippen molar-refractivity contribution in [2.75, 3.05) is 11.9 Å². The van der Waals surface area contributed by atoms with Gasteiger partial charge in [0.05, 0.1) is 22.3 Å². The maximum atomic E-state index is 14.3. The molecule has 3 aliphatic rings. The third-order valence-electron chi connectivity index (χ3n) is 8.79. The smallest absolute Gasteiger partial charge is 0.416 e. The number of benzene rings is 2. The third-order valence-corrected chi connectivity index (χ3v) is 9.93. The van der Waals surface area contributed by atoms with Gasteiger partial charge in [-0.25, -0.2) is 14.2 Å². The second-order valence-corrected chi connectivity index (χ2v) is 13.6. The molecule has 250 valence electrons. The highest BCUT2D eigenvalue weighted by Gasteiger charge is 2.61. The summed E-state index contributed by atoms with van der Waals surface area (Å²) in [6.45, 7) is -0.0772. The molecule has 1 saturated heterocycles. The zero-order valence-electron chi connectivity index (χ0n) is 24.9. The van der Waals surface area contributed by atoms with Crippen molar-refractivity contribution in [3.05, 3.63) is 65.0 Å². The number of thiazole rings is 1. The van der Waals surface area contributed by atoms with Crippen molar-refractivity contribution in [3.63, 3.8) is 0 Å². The Morgan fingerprint density at radius 1 is 1.17 bits per heavy atom. The number of allylic oxidation sites excluding steroid dienone is 1. The number of nitrogens with zero attached hydrogens (tertiary/aromatic N) is 2. The Bertz CT molecular complexity index is 1730. The Morgan fingerprint density at radius 2 is 1.98 bits per heavy atom.